The van der Waals surface area contributed by atoms with E-state index in [0.717, 1.165) is 18.7 Å². The third-order valence-corrected chi connectivity index (χ3v) is 4.72. The van der Waals surface area contributed by atoms with E-state index in [2.05, 4.69) is 16.0 Å². The minimum Gasteiger partial charge on any atom is -0.352 e. The van der Waals surface area contributed by atoms with E-state index in [9.17, 15) is 14.0 Å². The third kappa shape index (κ3) is 4.46. The van der Waals surface area contributed by atoms with Crippen LogP contribution in [0.3, 0.4) is 0 Å². The molecular weight excluding hydrogens is 333 g/mol. The molecule has 6 heteroatoms. The summed E-state index contributed by atoms with van der Waals surface area (Å²) in [5.41, 5.74) is 1.99. The summed E-state index contributed by atoms with van der Waals surface area (Å²) in [5.74, 6) is -0.195. The molecule has 1 saturated heterocycles. The molecule has 0 radical (unpaired) electrons. The largest absolute Gasteiger partial charge is 0.352 e. The fourth-order valence-corrected chi connectivity index (χ4v) is 2.74. The van der Waals surface area contributed by atoms with Gasteiger partial charge in [0.25, 0.3) is 5.91 Å². The fourth-order valence-electron chi connectivity index (χ4n) is 2.74. The number of carbonyl (C=O) groups excluding carboxylic acids is 2. The highest BCUT2D eigenvalue weighted by atomic mass is 19.1. The number of hydrogen-bond donors (Lipinski definition) is 3. The van der Waals surface area contributed by atoms with Crippen LogP contribution < -0.4 is 16.0 Å². The molecule has 0 bridgehead atoms. The van der Waals surface area contributed by atoms with Crippen LogP contribution in [0.25, 0.3) is 0 Å². The lowest BCUT2D eigenvalue weighted by atomic mass is 9.88. The van der Waals surface area contributed by atoms with Crippen molar-refractivity contribution in [2.24, 2.45) is 11.8 Å². The molecule has 2 amide bonds. The molecule has 3 N–H and O–H groups in total. The quantitative estimate of drug-likeness (QED) is 0.746. The van der Waals surface area contributed by atoms with Crippen LogP contribution in [0.5, 0.6) is 0 Å². The van der Waals surface area contributed by atoms with Gasteiger partial charge in [0, 0.05) is 23.7 Å². The highest BCUT2D eigenvalue weighted by Gasteiger charge is 2.28. The van der Waals surface area contributed by atoms with Crippen molar-refractivity contribution in [2.45, 2.75) is 13.5 Å². The predicted octanol–water partition coefficient (Wildman–Crippen LogP) is 2.55. The van der Waals surface area contributed by atoms with Gasteiger partial charge < -0.3 is 16.0 Å². The molecule has 1 fully saturated rings. The Balaban J connectivity index is 1.50. The Kier molecular flexibility index (Phi) is 5.63. The lowest BCUT2D eigenvalue weighted by molar-refractivity contribution is -0.126. The van der Waals surface area contributed by atoms with Crippen LogP contribution in [0.1, 0.15) is 22.8 Å². The van der Waals surface area contributed by atoms with Gasteiger partial charge in [0.2, 0.25) is 5.91 Å². The summed E-state index contributed by atoms with van der Waals surface area (Å²) >= 11 is 0. The minimum atomic E-state index is -0.379. The number of carbonyl (C=O) groups is 2. The smallest absolute Gasteiger partial charge is 0.255 e. The Morgan fingerprint density at radius 1 is 1.12 bits per heavy atom. The molecule has 0 saturated carbocycles. The lowest BCUT2D eigenvalue weighted by Gasteiger charge is -2.31. The number of hydrogen-bond acceptors (Lipinski definition) is 3. The van der Waals surface area contributed by atoms with Crippen LogP contribution >= 0.6 is 0 Å². The normalized spacial score (nSPS) is 15.0. The van der Waals surface area contributed by atoms with Crippen LogP contribution in [-0.2, 0) is 11.3 Å². The van der Waals surface area contributed by atoms with Gasteiger partial charge in [0.15, 0.2) is 0 Å². The summed E-state index contributed by atoms with van der Waals surface area (Å²) in [5, 5.41) is 8.89. The van der Waals surface area contributed by atoms with Crippen LogP contribution in [0.15, 0.2) is 48.5 Å². The number of halogens is 1. The highest BCUT2D eigenvalue weighted by molar-refractivity contribution is 6.04. The first-order chi connectivity index (χ1) is 12.5. The summed E-state index contributed by atoms with van der Waals surface area (Å²) in [6, 6.07) is 12.7. The second kappa shape index (κ2) is 8.10. The van der Waals surface area contributed by atoms with Gasteiger partial charge in [-0.3, -0.25) is 9.59 Å². The zero-order valence-electron chi connectivity index (χ0n) is 14.6. The molecular formula is C20H22FN3O2. The summed E-state index contributed by atoms with van der Waals surface area (Å²) < 4.78 is 12.9. The Morgan fingerprint density at radius 3 is 2.35 bits per heavy atom. The molecule has 0 aliphatic carbocycles. The maximum Gasteiger partial charge on any atom is 0.255 e. The van der Waals surface area contributed by atoms with Gasteiger partial charge >= 0.3 is 0 Å². The molecule has 0 aromatic heterocycles. The van der Waals surface area contributed by atoms with Crippen LogP contribution in [0.2, 0.25) is 0 Å². The van der Waals surface area contributed by atoms with Gasteiger partial charge in [-0.25, -0.2) is 4.39 Å². The van der Waals surface area contributed by atoms with Gasteiger partial charge in [0.1, 0.15) is 5.82 Å². The first kappa shape index (κ1) is 18.1. The number of rotatable bonds is 6. The molecule has 136 valence electrons. The average Bonchev–Trinajstić information content (AvgIpc) is 2.60. The Morgan fingerprint density at radius 2 is 1.77 bits per heavy atom. The molecule has 1 atom stereocenters. The molecule has 1 aliphatic rings. The molecule has 2 aromatic carbocycles. The summed E-state index contributed by atoms with van der Waals surface area (Å²) in [7, 11) is 0. The van der Waals surface area contributed by atoms with Crippen molar-refractivity contribution in [2.75, 3.05) is 18.4 Å². The van der Waals surface area contributed by atoms with Gasteiger partial charge in [0.05, 0.1) is 0 Å². The number of anilines is 1. The number of nitrogens with one attached hydrogen (secondary N) is 3. The van der Waals surface area contributed by atoms with Gasteiger partial charge in [-0.05, 0) is 61.0 Å². The molecule has 26 heavy (non-hydrogen) atoms. The zero-order valence-corrected chi connectivity index (χ0v) is 14.6. The number of amides is 2. The van der Waals surface area contributed by atoms with Crippen molar-refractivity contribution in [3.05, 3.63) is 65.5 Å². The molecule has 1 aliphatic heterocycles. The Bertz CT molecular complexity index is 771. The number of benzene rings is 2. The van der Waals surface area contributed by atoms with Crippen LogP contribution in [0, 0.1) is 17.7 Å². The van der Waals surface area contributed by atoms with E-state index in [1.807, 2.05) is 19.1 Å². The van der Waals surface area contributed by atoms with Crippen molar-refractivity contribution in [3.8, 4) is 0 Å². The Hall–Kier alpha value is -2.73. The maximum absolute atomic E-state index is 12.9. The molecule has 1 unspecified atom stereocenters. The second-order valence-corrected chi connectivity index (χ2v) is 6.58. The molecule has 2 aromatic rings. The topological polar surface area (TPSA) is 70.2 Å². The summed E-state index contributed by atoms with van der Waals surface area (Å²) in [4.78, 5) is 24.2. The predicted molar refractivity (Wildman–Crippen MR) is 98.2 cm³/mol. The van der Waals surface area contributed by atoms with E-state index in [-0.39, 0.29) is 23.5 Å². The summed E-state index contributed by atoms with van der Waals surface area (Å²) in [6.07, 6.45) is 0. The van der Waals surface area contributed by atoms with E-state index in [4.69, 9.17) is 0 Å². The van der Waals surface area contributed by atoms with Crippen molar-refractivity contribution in [3.63, 3.8) is 0 Å². The fraction of sp³-hybridized carbons (Fsp3) is 0.300. The van der Waals surface area contributed by atoms with Crippen molar-refractivity contribution >= 4 is 17.5 Å². The first-order valence-corrected chi connectivity index (χ1v) is 8.67. The molecule has 5 nitrogen and oxygen atoms in total. The third-order valence-electron chi connectivity index (χ3n) is 4.72. The molecule has 0 spiro atoms. The van der Waals surface area contributed by atoms with Crippen molar-refractivity contribution in [1.82, 2.24) is 10.6 Å². The van der Waals surface area contributed by atoms with E-state index < -0.39 is 0 Å². The van der Waals surface area contributed by atoms with Crippen molar-refractivity contribution in [1.29, 1.82) is 0 Å². The van der Waals surface area contributed by atoms with E-state index in [1.165, 1.54) is 24.3 Å². The van der Waals surface area contributed by atoms with Crippen LogP contribution in [-0.4, -0.2) is 24.9 Å². The maximum atomic E-state index is 12.9. The molecule has 1 heterocycles. The van der Waals surface area contributed by atoms with E-state index in [0.29, 0.717) is 23.7 Å². The van der Waals surface area contributed by atoms with Gasteiger partial charge in [-0.1, -0.05) is 19.1 Å². The molecule has 3 rings (SSSR count). The van der Waals surface area contributed by atoms with Crippen molar-refractivity contribution < 1.29 is 14.0 Å². The summed E-state index contributed by atoms with van der Waals surface area (Å²) in [6.45, 7) is 4.21. The first-order valence-electron chi connectivity index (χ1n) is 8.67. The second-order valence-electron chi connectivity index (χ2n) is 6.58. The average molecular weight is 355 g/mol. The lowest BCUT2D eigenvalue weighted by Crippen LogP contribution is -2.49. The monoisotopic (exact) mass is 355 g/mol. The Labute approximate surface area is 152 Å². The van der Waals surface area contributed by atoms with E-state index >= 15 is 0 Å². The highest BCUT2D eigenvalue weighted by Crippen LogP contribution is 2.16. The minimum absolute atomic E-state index is 0.00511. The SMILES string of the molecule is CC(C(=O)NCc1ccc(NC(=O)c2ccc(F)cc2)cc1)C1CNC1. The van der Waals surface area contributed by atoms with Gasteiger partial charge in [-0.2, -0.15) is 0 Å². The van der Waals surface area contributed by atoms with E-state index in [1.54, 1.807) is 12.1 Å². The zero-order chi connectivity index (χ0) is 18.5. The standard InChI is InChI=1S/C20H22FN3O2/c1-13(16-11-22-12-16)19(25)23-10-14-2-8-18(9-3-14)24-20(26)15-4-6-17(21)7-5-15/h2-9,13,16,22H,10-12H2,1H3,(H,23,25)(H,24,26). The van der Waals surface area contributed by atoms with Crippen LogP contribution in [0.4, 0.5) is 10.1 Å². The van der Waals surface area contributed by atoms with Gasteiger partial charge in [-0.15, -0.1) is 0 Å².